The molecule has 0 saturated heterocycles. The van der Waals surface area contributed by atoms with Crippen molar-refractivity contribution in [3.8, 4) is 0 Å². The minimum absolute atomic E-state index is 0.191. The minimum atomic E-state index is -0.367. The number of aliphatic hydroxyl groups is 1. The molecule has 0 bridgehead atoms. The lowest BCUT2D eigenvalue weighted by atomic mass is 10.0. The first-order chi connectivity index (χ1) is 7.24. The molecule has 0 aliphatic heterocycles. The van der Waals surface area contributed by atoms with Crippen LogP contribution in [0, 0.1) is 5.82 Å². The number of nitrogens with two attached hydrogens (primary N) is 1. The van der Waals surface area contributed by atoms with Crippen molar-refractivity contribution in [2.75, 3.05) is 6.54 Å². The van der Waals surface area contributed by atoms with Crippen molar-refractivity contribution < 1.29 is 9.50 Å². The number of halogens is 1. The molecule has 2 nitrogen and oxygen atoms in total. The summed E-state index contributed by atoms with van der Waals surface area (Å²) < 4.78 is 13.2. The maximum atomic E-state index is 13.2. The van der Waals surface area contributed by atoms with E-state index in [1.807, 2.05) is 6.07 Å². The fraction of sp³-hybridized carbons (Fsp3) is 0.500. The number of aryl methyl sites for hydroxylation is 1. The van der Waals surface area contributed by atoms with Crippen molar-refractivity contribution in [1.29, 1.82) is 0 Å². The van der Waals surface area contributed by atoms with E-state index in [2.05, 4.69) is 0 Å². The molecule has 0 heterocycles. The van der Waals surface area contributed by atoms with E-state index in [1.54, 1.807) is 12.1 Å². The molecule has 1 aromatic carbocycles. The zero-order valence-electron chi connectivity index (χ0n) is 8.82. The second kappa shape index (κ2) is 6.53. The average molecular weight is 211 g/mol. The van der Waals surface area contributed by atoms with Gasteiger partial charge < -0.3 is 10.8 Å². The summed E-state index contributed by atoms with van der Waals surface area (Å²) in [4.78, 5) is 0. The van der Waals surface area contributed by atoms with Gasteiger partial charge in [0.05, 0.1) is 6.10 Å². The van der Waals surface area contributed by atoms with E-state index in [0.29, 0.717) is 31.4 Å². The van der Waals surface area contributed by atoms with Crippen molar-refractivity contribution in [3.63, 3.8) is 0 Å². The Balaban J connectivity index is 2.33. The van der Waals surface area contributed by atoms with Gasteiger partial charge in [0.2, 0.25) is 0 Å². The predicted molar refractivity (Wildman–Crippen MR) is 59.0 cm³/mol. The van der Waals surface area contributed by atoms with Gasteiger partial charge in [-0.1, -0.05) is 18.2 Å². The van der Waals surface area contributed by atoms with Crippen LogP contribution < -0.4 is 5.73 Å². The molecule has 3 heteroatoms. The van der Waals surface area contributed by atoms with Crippen LogP contribution in [0.2, 0.25) is 0 Å². The van der Waals surface area contributed by atoms with Crippen LogP contribution >= 0.6 is 0 Å². The third kappa shape index (κ3) is 4.40. The summed E-state index contributed by atoms with van der Waals surface area (Å²) in [6.07, 6.45) is 2.33. The number of hydrogen-bond acceptors (Lipinski definition) is 2. The molecule has 15 heavy (non-hydrogen) atoms. The molecule has 0 amide bonds. The smallest absolute Gasteiger partial charge is 0.126 e. The van der Waals surface area contributed by atoms with Crippen LogP contribution in [0.1, 0.15) is 24.8 Å². The third-order valence-electron chi connectivity index (χ3n) is 2.45. The Morgan fingerprint density at radius 2 is 2.00 bits per heavy atom. The van der Waals surface area contributed by atoms with Gasteiger partial charge in [0.25, 0.3) is 0 Å². The lowest BCUT2D eigenvalue weighted by molar-refractivity contribution is 0.152. The van der Waals surface area contributed by atoms with Crippen molar-refractivity contribution in [3.05, 3.63) is 35.6 Å². The summed E-state index contributed by atoms with van der Waals surface area (Å²) in [5.41, 5.74) is 6.01. The van der Waals surface area contributed by atoms with Crippen LogP contribution in [-0.2, 0) is 6.42 Å². The molecule has 0 aliphatic carbocycles. The Bertz CT molecular complexity index is 291. The Hall–Kier alpha value is -0.930. The molecule has 3 N–H and O–H groups in total. The van der Waals surface area contributed by atoms with Crippen molar-refractivity contribution in [2.24, 2.45) is 5.73 Å². The molecule has 0 aliphatic rings. The fourth-order valence-corrected chi connectivity index (χ4v) is 1.52. The van der Waals surface area contributed by atoms with Crippen LogP contribution in [0.5, 0.6) is 0 Å². The Kier molecular flexibility index (Phi) is 5.29. The van der Waals surface area contributed by atoms with Gasteiger partial charge in [-0.25, -0.2) is 4.39 Å². The highest BCUT2D eigenvalue weighted by atomic mass is 19.1. The van der Waals surface area contributed by atoms with Gasteiger partial charge in [-0.15, -0.1) is 0 Å². The normalized spacial score (nSPS) is 12.7. The molecule has 1 rings (SSSR count). The van der Waals surface area contributed by atoms with Crippen molar-refractivity contribution >= 4 is 0 Å². The van der Waals surface area contributed by atoms with Gasteiger partial charge in [0, 0.05) is 0 Å². The van der Waals surface area contributed by atoms with Crippen LogP contribution in [-0.4, -0.2) is 17.8 Å². The topological polar surface area (TPSA) is 46.2 Å². The van der Waals surface area contributed by atoms with Gasteiger partial charge >= 0.3 is 0 Å². The summed E-state index contributed by atoms with van der Waals surface area (Å²) in [6.45, 7) is 0.594. The van der Waals surface area contributed by atoms with Gasteiger partial charge in [-0.3, -0.25) is 0 Å². The van der Waals surface area contributed by atoms with Gasteiger partial charge in [-0.2, -0.15) is 0 Å². The molecule has 1 atom stereocenters. The number of aliphatic hydroxyl groups excluding tert-OH is 1. The zero-order valence-corrected chi connectivity index (χ0v) is 8.82. The number of rotatable bonds is 6. The summed E-state index contributed by atoms with van der Waals surface area (Å²) in [7, 11) is 0. The molecule has 0 spiro atoms. The molecule has 1 unspecified atom stereocenters. The predicted octanol–water partition coefficient (Wildman–Crippen LogP) is 1.86. The largest absolute Gasteiger partial charge is 0.393 e. The quantitative estimate of drug-likeness (QED) is 0.754. The average Bonchev–Trinajstić information content (AvgIpc) is 2.25. The molecule has 1 aromatic rings. The molecule has 0 aromatic heterocycles. The lowest BCUT2D eigenvalue weighted by Crippen LogP contribution is -2.11. The SMILES string of the molecule is NCCCC(O)CCc1ccccc1F. The number of benzene rings is 1. The zero-order chi connectivity index (χ0) is 11.1. The van der Waals surface area contributed by atoms with Crippen LogP contribution in [0.25, 0.3) is 0 Å². The lowest BCUT2D eigenvalue weighted by Gasteiger charge is -2.09. The summed E-state index contributed by atoms with van der Waals surface area (Å²) in [6, 6.07) is 6.68. The van der Waals surface area contributed by atoms with E-state index >= 15 is 0 Å². The van der Waals surface area contributed by atoms with Gasteiger partial charge in [0.1, 0.15) is 5.82 Å². The summed E-state index contributed by atoms with van der Waals surface area (Å²) in [5, 5.41) is 9.55. The standard InChI is InChI=1S/C12H18FNO/c13-12-6-2-1-4-10(12)7-8-11(15)5-3-9-14/h1-2,4,6,11,15H,3,5,7-9,14H2. The summed E-state index contributed by atoms with van der Waals surface area (Å²) >= 11 is 0. The van der Waals surface area contributed by atoms with Crippen LogP contribution in [0.3, 0.4) is 0 Å². The molecule has 0 radical (unpaired) electrons. The minimum Gasteiger partial charge on any atom is -0.393 e. The molecule has 0 saturated carbocycles. The van der Waals surface area contributed by atoms with Crippen LogP contribution in [0.15, 0.2) is 24.3 Å². The highest BCUT2D eigenvalue weighted by molar-refractivity contribution is 5.17. The van der Waals surface area contributed by atoms with Crippen LogP contribution in [0.4, 0.5) is 4.39 Å². The van der Waals surface area contributed by atoms with Crippen molar-refractivity contribution in [2.45, 2.75) is 31.8 Å². The summed E-state index contributed by atoms with van der Waals surface area (Å²) in [5.74, 6) is -0.191. The first kappa shape index (κ1) is 12.1. The number of hydrogen-bond donors (Lipinski definition) is 2. The van der Waals surface area contributed by atoms with E-state index < -0.39 is 0 Å². The van der Waals surface area contributed by atoms with Gasteiger partial charge in [-0.05, 0) is 43.9 Å². The molecular formula is C12H18FNO. The first-order valence-electron chi connectivity index (χ1n) is 5.35. The van der Waals surface area contributed by atoms with E-state index in [4.69, 9.17) is 5.73 Å². The van der Waals surface area contributed by atoms with Gasteiger partial charge in [0.15, 0.2) is 0 Å². The third-order valence-corrected chi connectivity index (χ3v) is 2.45. The molecule has 0 fully saturated rings. The highest BCUT2D eigenvalue weighted by Crippen LogP contribution is 2.11. The Morgan fingerprint density at radius 3 is 2.67 bits per heavy atom. The monoisotopic (exact) mass is 211 g/mol. The van der Waals surface area contributed by atoms with E-state index in [-0.39, 0.29) is 11.9 Å². The Labute approximate surface area is 89.9 Å². The maximum absolute atomic E-state index is 13.2. The maximum Gasteiger partial charge on any atom is 0.126 e. The second-order valence-electron chi connectivity index (χ2n) is 3.71. The van der Waals surface area contributed by atoms with E-state index in [9.17, 15) is 9.50 Å². The van der Waals surface area contributed by atoms with Crippen molar-refractivity contribution in [1.82, 2.24) is 0 Å². The Morgan fingerprint density at radius 1 is 1.27 bits per heavy atom. The molecule has 84 valence electrons. The first-order valence-corrected chi connectivity index (χ1v) is 5.35. The molecular weight excluding hydrogens is 193 g/mol. The fourth-order valence-electron chi connectivity index (χ4n) is 1.52. The van der Waals surface area contributed by atoms with E-state index in [0.717, 1.165) is 6.42 Å². The second-order valence-corrected chi connectivity index (χ2v) is 3.71. The van der Waals surface area contributed by atoms with E-state index in [1.165, 1.54) is 6.07 Å². The highest BCUT2D eigenvalue weighted by Gasteiger charge is 2.06.